The molecule has 0 atom stereocenters. The maximum Gasteiger partial charge on any atom is 0.311 e. The highest BCUT2D eigenvalue weighted by Crippen LogP contribution is 2.32. The van der Waals surface area contributed by atoms with Gasteiger partial charge in [-0.1, -0.05) is 6.07 Å². The zero-order chi connectivity index (χ0) is 14.0. The number of rotatable bonds is 3. The molecule has 98 valence electrons. The van der Waals surface area contributed by atoms with Gasteiger partial charge in [0.1, 0.15) is 0 Å². The fourth-order valence-corrected chi connectivity index (χ4v) is 1.74. The van der Waals surface area contributed by atoms with Crippen molar-refractivity contribution in [1.29, 1.82) is 0 Å². The van der Waals surface area contributed by atoms with Crippen LogP contribution in [0.2, 0.25) is 0 Å². The molecule has 0 bridgehead atoms. The lowest BCUT2D eigenvalue weighted by Gasteiger charge is -2.07. The van der Waals surface area contributed by atoms with E-state index in [-0.39, 0.29) is 17.3 Å². The Hall–Kier alpha value is -2.02. The normalized spacial score (nSPS) is 10.3. The SMILES string of the molecule is Cc1ccc([N+](=O)[O-])c(Oc2ncc(Br)cc2F)c1. The first-order chi connectivity index (χ1) is 8.97. The largest absolute Gasteiger partial charge is 0.429 e. The average Bonchev–Trinajstić information content (AvgIpc) is 2.32. The lowest BCUT2D eigenvalue weighted by molar-refractivity contribution is -0.385. The van der Waals surface area contributed by atoms with Crippen molar-refractivity contribution in [2.45, 2.75) is 6.92 Å². The summed E-state index contributed by atoms with van der Waals surface area (Å²) in [6.45, 7) is 1.75. The fraction of sp³-hybridized carbons (Fsp3) is 0.0833. The highest BCUT2D eigenvalue weighted by atomic mass is 79.9. The Balaban J connectivity index is 2.42. The Morgan fingerprint density at radius 2 is 2.16 bits per heavy atom. The molecule has 2 rings (SSSR count). The van der Waals surface area contributed by atoms with Crippen LogP contribution in [-0.2, 0) is 0 Å². The van der Waals surface area contributed by atoms with Gasteiger partial charge in [-0.05, 0) is 40.5 Å². The van der Waals surface area contributed by atoms with Gasteiger partial charge in [0.2, 0.25) is 5.75 Å². The van der Waals surface area contributed by atoms with Crippen LogP contribution >= 0.6 is 15.9 Å². The summed E-state index contributed by atoms with van der Waals surface area (Å²) in [6.07, 6.45) is 1.35. The van der Waals surface area contributed by atoms with Crippen LogP contribution in [0.25, 0.3) is 0 Å². The lowest BCUT2D eigenvalue weighted by atomic mass is 10.2. The van der Waals surface area contributed by atoms with Crippen LogP contribution in [0.3, 0.4) is 0 Å². The van der Waals surface area contributed by atoms with Gasteiger partial charge >= 0.3 is 5.69 Å². The van der Waals surface area contributed by atoms with E-state index in [9.17, 15) is 14.5 Å². The maximum absolute atomic E-state index is 13.6. The minimum atomic E-state index is -0.704. The summed E-state index contributed by atoms with van der Waals surface area (Å²) in [5, 5.41) is 10.9. The number of nitrogens with zero attached hydrogens (tertiary/aromatic N) is 2. The molecule has 1 aromatic carbocycles. The van der Waals surface area contributed by atoms with E-state index in [2.05, 4.69) is 20.9 Å². The molecule has 0 N–H and O–H groups in total. The minimum absolute atomic E-state index is 0.0428. The first-order valence-electron chi connectivity index (χ1n) is 5.21. The molecule has 0 spiro atoms. The third-order valence-corrected chi connectivity index (χ3v) is 2.73. The maximum atomic E-state index is 13.6. The lowest BCUT2D eigenvalue weighted by Crippen LogP contribution is -1.97. The van der Waals surface area contributed by atoms with E-state index in [1.807, 2.05) is 0 Å². The van der Waals surface area contributed by atoms with Gasteiger partial charge in [0.05, 0.1) is 4.92 Å². The van der Waals surface area contributed by atoms with Gasteiger partial charge in [0.15, 0.2) is 5.82 Å². The Kier molecular flexibility index (Phi) is 3.75. The van der Waals surface area contributed by atoms with Crippen molar-refractivity contribution in [3.63, 3.8) is 0 Å². The number of aromatic nitrogens is 1. The molecule has 0 saturated heterocycles. The van der Waals surface area contributed by atoms with Crippen LogP contribution in [-0.4, -0.2) is 9.91 Å². The number of benzene rings is 1. The average molecular weight is 327 g/mol. The van der Waals surface area contributed by atoms with Gasteiger partial charge in [-0.2, -0.15) is 0 Å². The molecule has 1 heterocycles. The van der Waals surface area contributed by atoms with Gasteiger partial charge in [0.25, 0.3) is 5.88 Å². The Morgan fingerprint density at radius 3 is 2.79 bits per heavy atom. The zero-order valence-electron chi connectivity index (χ0n) is 9.76. The second-order valence-corrected chi connectivity index (χ2v) is 4.69. The molecule has 0 saturated carbocycles. The first-order valence-corrected chi connectivity index (χ1v) is 6.00. The molecule has 0 aliphatic rings. The van der Waals surface area contributed by atoms with Crippen molar-refractivity contribution in [3.8, 4) is 11.6 Å². The van der Waals surface area contributed by atoms with Crippen LogP contribution in [0.5, 0.6) is 11.6 Å². The van der Waals surface area contributed by atoms with Gasteiger partial charge in [-0.25, -0.2) is 9.37 Å². The number of nitro groups is 1. The number of aryl methyl sites for hydroxylation is 1. The van der Waals surface area contributed by atoms with Crippen LogP contribution < -0.4 is 4.74 Å². The van der Waals surface area contributed by atoms with Crippen LogP contribution in [0, 0.1) is 22.9 Å². The van der Waals surface area contributed by atoms with E-state index in [0.717, 1.165) is 5.56 Å². The van der Waals surface area contributed by atoms with Crippen molar-refractivity contribution in [2.24, 2.45) is 0 Å². The van der Waals surface area contributed by atoms with Crippen molar-refractivity contribution >= 4 is 21.6 Å². The number of pyridine rings is 1. The highest BCUT2D eigenvalue weighted by Gasteiger charge is 2.18. The third-order valence-electron chi connectivity index (χ3n) is 2.29. The molecule has 7 heteroatoms. The fourth-order valence-electron chi connectivity index (χ4n) is 1.44. The Morgan fingerprint density at radius 1 is 1.42 bits per heavy atom. The van der Waals surface area contributed by atoms with Crippen LogP contribution in [0.4, 0.5) is 10.1 Å². The molecular formula is C12H8BrFN2O3. The topological polar surface area (TPSA) is 65.3 Å². The molecule has 19 heavy (non-hydrogen) atoms. The van der Waals surface area contributed by atoms with Crippen LogP contribution in [0.15, 0.2) is 34.9 Å². The number of ether oxygens (including phenoxy) is 1. The highest BCUT2D eigenvalue weighted by molar-refractivity contribution is 9.10. The quantitative estimate of drug-likeness (QED) is 0.631. The summed E-state index contributed by atoms with van der Waals surface area (Å²) >= 11 is 3.06. The smallest absolute Gasteiger partial charge is 0.311 e. The summed E-state index contributed by atoms with van der Waals surface area (Å²) in [4.78, 5) is 14.0. The molecule has 0 amide bonds. The van der Waals surface area contributed by atoms with Crippen molar-refractivity contribution < 1.29 is 14.1 Å². The molecule has 5 nitrogen and oxygen atoms in total. The Bertz CT molecular complexity index is 649. The summed E-state index contributed by atoms with van der Waals surface area (Å²) in [5.41, 5.74) is 0.521. The molecule has 0 fully saturated rings. The second kappa shape index (κ2) is 5.31. The first kappa shape index (κ1) is 13.4. The minimum Gasteiger partial charge on any atom is -0.429 e. The predicted octanol–water partition coefficient (Wildman–Crippen LogP) is 3.99. The van der Waals surface area contributed by atoms with E-state index in [1.165, 1.54) is 24.4 Å². The van der Waals surface area contributed by atoms with Crippen molar-refractivity contribution in [3.05, 3.63) is 56.4 Å². The summed E-state index contributed by atoms with van der Waals surface area (Å²) in [6, 6.07) is 5.52. The molecule has 2 aromatic rings. The number of hydrogen-bond acceptors (Lipinski definition) is 4. The van der Waals surface area contributed by atoms with Gasteiger partial charge in [-0.15, -0.1) is 0 Å². The Labute approximate surface area is 116 Å². The van der Waals surface area contributed by atoms with E-state index in [0.29, 0.717) is 4.47 Å². The van der Waals surface area contributed by atoms with E-state index in [1.54, 1.807) is 13.0 Å². The second-order valence-electron chi connectivity index (χ2n) is 3.77. The summed E-state index contributed by atoms with van der Waals surface area (Å²) < 4.78 is 19.2. The standard InChI is InChI=1S/C12H8BrFN2O3/c1-7-2-3-10(16(17)18)11(4-7)19-12-9(14)5-8(13)6-15-12/h2-6H,1H3. The number of nitro benzene ring substituents is 1. The number of halogens is 2. The zero-order valence-corrected chi connectivity index (χ0v) is 11.3. The summed E-state index contributed by atoms with van der Waals surface area (Å²) in [7, 11) is 0. The van der Waals surface area contributed by atoms with Crippen molar-refractivity contribution in [1.82, 2.24) is 4.98 Å². The van der Waals surface area contributed by atoms with Crippen LogP contribution in [0.1, 0.15) is 5.56 Å². The third kappa shape index (κ3) is 3.05. The van der Waals surface area contributed by atoms with Crippen molar-refractivity contribution in [2.75, 3.05) is 0 Å². The van der Waals surface area contributed by atoms with Gasteiger partial charge < -0.3 is 4.74 Å². The summed E-state index contributed by atoms with van der Waals surface area (Å²) in [5.74, 6) is -1.05. The van der Waals surface area contributed by atoms with E-state index < -0.39 is 10.7 Å². The van der Waals surface area contributed by atoms with E-state index >= 15 is 0 Å². The molecule has 0 unspecified atom stereocenters. The molecular weight excluding hydrogens is 319 g/mol. The molecule has 1 aromatic heterocycles. The molecule has 0 aliphatic carbocycles. The van der Waals surface area contributed by atoms with Gasteiger partial charge in [-0.3, -0.25) is 10.1 Å². The predicted molar refractivity (Wildman–Crippen MR) is 69.8 cm³/mol. The molecule has 0 aliphatic heterocycles. The number of hydrogen-bond donors (Lipinski definition) is 0. The monoisotopic (exact) mass is 326 g/mol. The van der Waals surface area contributed by atoms with E-state index in [4.69, 9.17) is 4.74 Å². The van der Waals surface area contributed by atoms with Gasteiger partial charge in [0, 0.05) is 16.7 Å². The molecule has 0 radical (unpaired) electrons.